The Morgan fingerprint density at radius 1 is 0.871 bits per heavy atom. The second-order valence-electron chi connectivity index (χ2n) is 7.33. The topological polar surface area (TPSA) is 75.7 Å². The lowest BCUT2D eigenvalue weighted by molar-refractivity contribution is -0.127. The van der Waals surface area contributed by atoms with Gasteiger partial charge in [0, 0.05) is 0 Å². The van der Waals surface area contributed by atoms with Gasteiger partial charge >= 0.3 is 6.09 Å². The molecule has 0 spiro atoms. The minimum absolute atomic E-state index is 0.0281. The first-order valence-electron chi connectivity index (χ1n) is 10.1. The van der Waals surface area contributed by atoms with E-state index in [4.69, 9.17) is 4.74 Å². The fourth-order valence-corrected chi connectivity index (χ4v) is 3.54. The number of hydrogen-bond acceptors (Lipinski definition) is 4. The number of rotatable bonds is 7. The Hall–Kier alpha value is -3.93. The van der Waals surface area contributed by atoms with E-state index in [2.05, 4.69) is 5.32 Å². The van der Waals surface area contributed by atoms with Gasteiger partial charge in [0.25, 0.3) is 5.91 Å². The van der Waals surface area contributed by atoms with Gasteiger partial charge in [0.2, 0.25) is 5.91 Å². The van der Waals surface area contributed by atoms with E-state index in [1.165, 1.54) is 0 Å². The van der Waals surface area contributed by atoms with Crippen LogP contribution in [0, 0.1) is 0 Å². The Labute approximate surface area is 180 Å². The molecule has 4 rings (SSSR count). The zero-order valence-corrected chi connectivity index (χ0v) is 16.9. The number of nitrogens with zero attached hydrogens (tertiary/aromatic N) is 1. The van der Waals surface area contributed by atoms with Crippen molar-refractivity contribution in [3.05, 3.63) is 96.1 Å². The maximum absolute atomic E-state index is 12.8. The van der Waals surface area contributed by atoms with E-state index >= 15 is 0 Å². The number of carbonyl (C=O) groups excluding carboxylic acids is 3. The summed E-state index contributed by atoms with van der Waals surface area (Å²) in [4.78, 5) is 37.6. The van der Waals surface area contributed by atoms with Gasteiger partial charge in [-0.2, -0.15) is 0 Å². The predicted molar refractivity (Wildman–Crippen MR) is 116 cm³/mol. The molecule has 0 aliphatic carbocycles. The molecule has 1 saturated heterocycles. The zero-order valence-electron chi connectivity index (χ0n) is 16.9. The van der Waals surface area contributed by atoms with E-state index in [1.807, 2.05) is 84.9 Å². The first-order chi connectivity index (χ1) is 15.1. The van der Waals surface area contributed by atoms with E-state index in [-0.39, 0.29) is 25.5 Å². The maximum Gasteiger partial charge on any atom is 0.417 e. The summed E-state index contributed by atoms with van der Waals surface area (Å²) in [5.41, 5.74) is 3.88. The van der Waals surface area contributed by atoms with Crippen molar-refractivity contribution in [2.45, 2.75) is 12.5 Å². The lowest BCUT2D eigenvalue weighted by Crippen LogP contribution is -2.40. The second kappa shape index (κ2) is 9.26. The summed E-state index contributed by atoms with van der Waals surface area (Å²) in [7, 11) is 0. The van der Waals surface area contributed by atoms with Crippen LogP contribution in [-0.2, 0) is 20.7 Å². The molecule has 0 radical (unpaired) electrons. The number of amides is 3. The molecule has 0 aromatic heterocycles. The fourth-order valence-electron chi connectivity index (χ4n) is 3.54. The average molecular weight is 414 g/mol. The molecule has 1 fully saturated rings. The van der Waals surface area contributed by atoms with Gasteiger partial charge < -0.3 is 10.1 Å². The van der Waals surface area contributed by atoms with Crippen molar-refractivity contribution in [2.75, 3.05) is 13.2 Å². The molecule has 3 aromatic carbocycles. The van der Waals surface area contributed by atoms with Crippen LogP contribution in [0.15, 0.2) is 84.9 Å². The molecule has 1 aliphatic rings. The van der Waals surface area contributed by atoms with Gasteiger partial charge in [-0.25, -0.2) is 9.69 Å². The lowest BCUT2D eigenvalue weighted by atomic mass is 10.0. The Morgan fingerprint density at radius 3 is 2.10 bits per heavy atom. The molecule has 1 heterocycles. The summed E-state index contributed by atoms with van der Waals surface area (Å²) < 4.78 is 4.79. The van der Waals surface area contributed by atoms with Gasteiger partial charge in [0.05, 0.1) is 19.0 Å². The maximum atomic E-state index is 12.8. The van der Waals surface area contributed by atoms with E-state index in [0.717, 1.165) is 27.2 Å². The van der Waals surface area contributed by atoms with Crippen molar-refractivity contribution >= 4 is 17.9 Å². The third-order valence-electron chi connectivity index (χ3n) is 5.17. The third-order valence-corrected chi connectivity index (χ3v) is 5.17. The molecular weight excluding hydrogens is 392 g/mol. The third kappa shape index (κ3) is 4.98. The number of cyclic esters (lactones) is 1. The molecule has 1 unspecified atom stereocenters. The van der Waals surface area contributed by atoms with Crippen LogP contribution in [0.4, 0.5) is 4.79 Å². The highest BCUT2D eigenvalue weighted by atomic mass is 16.6. The van der Waals surface area contributed by atoms with Crippen LogP contribution in [-0.4, -0.2) is 36.0 Å². The van der Waals surface area contributed by atoms with Crippen LogP contribution >= 0.6 is 0 Å². The van der Waals surface area contributed by atoms with Gasteiger partial charge in [-0.05, 0) is 22.3 Å². The fraction of sp³-hybridized carbons (Fsp3) is 0.160. The van der Waals surface area contributed by atoms with Crippen molar-refractivity contribution in [2.24, 2.45) is 0 Å². The summed E-state index contributed by atoms with van der Waals surface area (Å²) in [5.74, 6) is -0.599. The second-order valence-corrected chi connectivity index (χ2v) is 7.33. The minimum Gasteiger partial charge on any atom is -0.439 e. The molecule has 6 heteroatoms. The Morgan fingerprint density at radius 2 is 1.48 bits per heavy atom. The molecule has 3 amide bonds. The van der Waals surface area contributed by atoms with Gasteiger partial charge in [0.15, 0.2) is 6.61 Å². The molecule has 3 aromatic rings. The van der Waals surface area contributed by atoms with Gasteiger partial charge in [-0.15, -0.1) is 0 Å². The van der Waals surface area contributed by atoms with Crippen molar-refractivity contribution in [1.29, 1.82) is 0 Å². The number of imide groups is 1. The number of hydrogen-bond donors (Lipinski definition) is 1. The average Bonchev–Trinajstić information content (AvgIpc) is 3.12. The highest BCUT2D eigenvalue weighted by molar-refractivity contribution is 5.97. The first kappa shape index (κ1) is 20.3. The van der Waals surface area contributed by atoms with Crippen LogP contribution < -0.4 is 5.32 Å². The van der Waals surface area contributed by atoms with Gasteiger partial charge in [0.1, 0.15) is 0 Å². The van der Waals surface area contributed by atoms with Crippen molar-refractivity contribution in [3.8, 4) is 11.1 Å². The molecule has 1 atom stereocenters. The quantitative estimate of drug-likeness (QED) is 0.639. The van der Waals surface area contributed by atoms with Crippen LogP contribution in [0.1, 0.15) is 17.2 Å². The summed E-state index contributed by atoms with van der Waals surface area (Å²) in [5, 5.41) is 2.96. The van der Waals surface area contributed by atoms with Crippen molar-refractivity contribution in [1.82, 2.24) is 10.2 Å². The minimum atomic E-state index is -0.684. The van der Waals surface area contributed by atoms with Crippen LogP contribution in [0.25, 0.3) is 11.1 Å². The molecule has 6 nitrogen and oxygen atoms in total. The number of nitrogens with one attached hydrogen (secondary N) is 1. The largest absolute Gasteiger partial charge is 0.439 e. The smallest absolute Gasteiger partial charge is 0.417 e. The highest BCUT2D eigenvalue weighted by Crippen LogP contribution is 2.20. The Bertz CT molecular complexity index is 1050. The summed E-state index contributed by atoms with van der Waals surface area (Å²) in [6, 6.07) is 26.6. The predicted octanol–water partition coefficient (Wildman–Crippen LogP) is 3.73. The molecule has 0 bridgehead atoms. The number of benzene rings is 3. The van der Waals surface area contributed by atoms with E-state index in [9.17, 15) is 14.4 Å². The van der Waals surface area contributed by atoms with Gasteiger partial charge in [-0.1, -0.05) is 84.9 Å². The normalized spacial score (nSPS) is 14.3. The van der Waals surface area contributed by atoms with Crippen LogP contribution in [0.5, 0.6) is 0 Å². The standard InChI is InChI=1S/C25H22N2O4/c28-23(15-18-11-13-20(14-12-18)19-7-3-1-4-8-19)26-22(21-9-5-2-6-10-21)16-27-24(29)17-31-25(27)30/h1-14,22H,15-17H2,(H,26,28). The summed E-state index contributed by atoms with van der Waals surface area (Å²) in [6.45, 7) is -0.234. The number of ether oxygens (including phenoxy) is 1. The van der Waals surface area contributed by atoms with Crippen LogP contribution in [0.3, 0.4) is 0 Å². The Kier molecular flexibility index (Phi) is 6.08. The summed E-state index contributed by atoms with van der Waals surface area (Å²) in [6.07, 6.45) is -0.492. The highest BCUT2D eigenvalue weighted by Gasteiger charge is 2.33. The Balaban J connectivity index is 1.45. The summed E-state index contributed by atoms with van der Waals surface area (Å²) >= 11 is 0. The van der Waals surface area contributed by atoms with Gasteiger partial charge in [-0.3, -0.25) is 9.59 Å². The SMILES string of the molecule is O=C(Cc1ccc(-c2ccccc2)cc1)NC(CN1C(=O)COC1=O)c1ccccc1. The molecule has 1 aliphatic heterocycles. The molecule has 31 heavy (non-hydrogen) atoms. The van der Waals surface area contributed by atoms with E-state index < -0.39 is 18.0 Å². The first-order valence-corrected chi connectivity index (χ1v) is 10.1. The van der Waals surface area contributed by atoms with E-state index in [1.54, 1.807) is 0 Å². The van der Waals surface area contributed by atoms with Crippen molar-refractivity contribution in [3.63, 3.8) is 0 Å². The lowest BCUT2D eigenvalue weighted by Gasteiger charge is -2.23. The van der Waals surface area contributed by atoms with Crippen molar-refractivity contribution < 1.29 is 19.1 Å². The monoisotopic (exact) mass is 414 g/mol. The zero-order chi connectivity index (χ0) is 21.6. The van der Waals surface area contributed by atoms with Crippen LogP contribution in [0.2, 0.25) is 0 Å². The van der Waals surface area contributed by atoms with E-state index in [0.29, 0.717) is 0 Å². The molecular formula is C25H22N2O4. The molecule has 0 saturated carbocycles. The molecule has 156 valence electrons. The molecule has 1 N–H and O–H groups in total. The number of carbonyl (C=O) groups is 3.